The molecule has 0 aliphatic heterocycles. The Hall–Kier alpha value is -1.55. The molecule has 0 aromatic heterocycles. The zero-order valence-electron chi connectivity index (χ0n) is 11.7. The fraction of sp³-hybridized carbons (Fsp3) is 0.500. The Balaban J connectivity index is 2.61. The van der Waals surface area contributed by atoms with Crippen molar-refractivity contribution in [2.45, 2.75) is 27.7 Å². The normalized spacial score (nSPS) is 14.2. The van der Waals surface area contributed by atoms with E-state index >= 15 is 0 Å². The molecule has 1 aromatic rings. The monoisotopic (exact) mass is 248 g/mol. The Labute approximate surface area is 110 Å². The van der Waals surface area contributed by atoms with Crippen LogP contribution in [0.3, 0.4) is 0 Å². The van der Waals surface area contributed by atoms with Crippen molar-refractivity contribution >= 4 is 11.6 Å². The lowest BCUT2D eigenvalue weighted by molar-refractivity contribution is 0.269. The molecule has 0 heterocycles. The summed E-state index contributed by atoms with van der Waals surface area (Å²) in [7, 11) is 0. The first-order chi connectivity index (χ1) is 8.43. The van der Waals surface area contributed by atoms with Crippen LogP contribution in [0.25, 0.3) is 0 Å². The number of rotatable bonds is 3. The molecule has 1 rings (SSSR count). The average molecular weight is 248 g/mol. The fourth-order valence-corrected chi connectivity index (χ4v) is 1.28. The second kappa shape index (κ2) is 6.40. The van der Waals surface area contributed by atoms with Crippen LogP contribution in [-0.2, 0) is 0 Å². The van der Waals surface area contributed by atoms with Crippen molar-refractivity contribution in [1.82, 2.24) is 5.43 Å². The summed E-state index contributed by atoms with van der Waals surface area (Å²) >= 11 is 0. The lowest BCUT2D eigenvalue weighted by Gasteiger charge is -2.25. The highest BCUT2D eigenvalue weighted by atomic mass is 15.3. The van der Waals surface area contributed by atoms with Crippen LogP contribution in [0.5, 0.6) is 0 Å². The zero-order valence-corrected chi connectivity index (χ0v) is 11.7. The van der Waals surface area contributed by atoms with E-state index in [-0.39, 0.29) is 5.41 Å². The summed E-state index contributed by atoms with van der Waals surface area (Å²) in [6, 6.07) is 9.85. The van der Waals surface area contributed by atoms with Crippen molar-refractivity contribution in [3.05, 3.63) is 30.3 Å². The topological polar surface area (TPSA) is 62.4 Å². The third-order valence-corrected chi connectivity index (χ3v) is 3.17. The number of anilines is 1. The molecule has 4 nitrogen and oxygen atoms in total. The molecule has 0 aliphatic rings. The molecule has 1 aromatic carbocycles. The molecule has 1 unspecified atom stereocenters. The first-order valence-corrected chi connectivity index (χ1v) is 6.26. The Kier molecular flexibility index (Phi) is 5.16. The number of nitrogens with two attached hydrogens (primary N) is 1. The molecule has 0 radical (unpaired) electrons. The van der Waals surface area contributed by atoms with Crippen LogP contribution in [0.4, 0.5) is 5.69 Å². The van der Waals surface area contributed by atoms with Crippen LogP contribution in [-0.4, -0.2) is 12.5 Å². The third-order valence-electron chi connectivity index (χ3n) is 3.17. The number of hydrogen-bond acceptors (Lipinski definition) is 2. The van der Waals surface area contributed by atoms with Crippen LogP contribution in [0.15, 0.2) is 35.3 Å². The smallest absolute Gasteiger partial charge is 0.210 e. The predicted molar refractivity (Wildman–Crippen MR) is 78.3 cm³/mol. The van der Waals surface area contributed by atoms with Gasteiger partial charge >= 0.3 is 0 Å². The van der Waals surface area contributed by atoms with E-state index in [1.54, 1.807) is 0 Å². The summed E-state index contributed by atoms with van der Waals surface area (Å²) in [6.07, 6.45) is 0. The Bertz CT molecular complexity index is 379. The van der Waals surface area contributed by atoms with Gasteiger partial charge in [-0.15, -0.1) is 0 Å². The maximum absolute atomic E-state index is 5.47. The summed E-state index contributed by atoms with van der Waals surface area (Å²) in [4.78, 5) is 4.47. The highest BCUT2D eigenvalue weighted by Gasteiger charge is 2.19. The van der Waals surface area contributed by atoms with E-state index in [0.29, 0.717) is 11.9 Å². The number of hydrogen-bond donors (Lipinski definition) is 3. The van der Waals surface area contributed by atoms with Gasteiger partial charge in [0.15, 0.2) is 0 Å². The average Bonchev–Trinajstić information content (AvgIpc) is 2.34. The molecule has 4 heteroatoms. The molecule has 0 bridgehead atoms. The summed E-state index contributed by atoms with van der Waals surface area (Å²) in [5, 5.41) is 3.15. The third kappa shape index (κ3) is 4.75. The molecule has 0 saturated carbocycles. The number of nitrogens with zero attached hydrogens (tertiary/aromatic N) is 1. The van der Waals surface area contributed by atoms with Gasteiger partial charge in [0.25, 0.3) is 0 Å². The van der Waals surface area contributed by atoms with Crippen molar-refractivity contribution < 1.29 is 0 Å². The highest BCUT2D eigenvalue weighted by molar-refractivity contribution is 5.93. The van der Waals surface area contributed by atoms with Crippen molar-refractivity contribution in [3.63, 3.8) is 0 Å². The molecule has 0 spiro atoms. The minimum absolute atomic E-state index is 0.246. The SMILES string of the molecule is CC(CN=C(NN)Nc1ccccc1)C(C)(C)C. The fourth-order valence-electron chi connectivity index (χ4n) is 1.28. The number of guanidine groups is 1. The largest absolute Gasteiger partial charge is 0.325 e. The van der Waals surface area contributed by atoms with E-state index in [9.17, 15) is 0 Å². The molecular formula is C14H24N4. The van der Waals surface area contributed by atoms with Gasteiger partial charge in [-0.3, -0.25) is 10.4 Å². The summed E-state index contributed by atoms with van der Waals surface area (Å²) in [5.74, 6) is 6.55. The Morgan fingerprint density at radius 1 is 1.28 bits per heavy atom. The van der Waals surface area contributed by atoms with E-state index in [1.807, 2.05) is 30.3 Å². The molecule has 0 aliphatic carbocycles. The lowest BCUT2D eigenvalue weighted by atomic mass is 9.82. The molecule has 1 atom stereocenters. The number of para-hydroxylation sites is 1. The minimum atomic E-state index is 0.246. The van der Waals surface area contributed by atoms with Crippen LogP contribution < -0.4 is 16.6 Å². The quantitative estimate of drug-likeness (QED) is 0.333. The van der Waals surface area contributed by atoms with Crippen LogP contribution in [0.2, 0.25) is 0 Å². The van der Waals surface area contributed by atoms with Crippen molar-refractivity contribution in [2.24, 2.45) is 22.2 Å². The van der Waals surface area contributed by atoms with Gasteiger partial charge in [0.1, 0.15) is 0 Å². The van der Waals surface area contributed by atoms with Gasteiger partial charge in [-0.1, -0.05) is 45.9 Å². The molecular weight excluding hydrogens is 224 g/mol. The second-order valence-corrected chi connectivity index (χ2v) is 5.59. The standard InChI is InChI=1S/C14H24N4/c1-11(14(2,3)4)10-16-13(18-15)17-12-8-6-5-7-9-12/h5-9,11H,10,15H2,1-4H3,(H2,16,17,18). The molecule has 4 N–H and O–H groups in total. The Morgan fingerprint density at radius 3 is 2.39 bits per heavy atom. The number of aliphatic imine (C=N–C) groups is 1. The first kappa shape index (κ1) is 14.5. The highest BCUT2D eigenvalue weighted by Crippen LogP contribution is 2.25. The van der Waals surface area contributed by atoms with Crippen LogP contribution >= 0.6 is 0 Å². The van der Waals surface area contributed by atoms with Crippen LogP contribution in [0, 0.1) is 11.3 Å². The predicted octanol–water partition coefficient (Wildman–Crippen LogP) is 2.60. The van der Waals surface area contributed by atoms with E-state index < -0.39 is 0 Å². The van der Waals surface area contributed by atoms with Gasteiger partial charge in [0, 0.05) is 12.2 Å². The Morgan fingerprint density at radius 2 is 1.89 bits per heavy atom. The summed E-state index contributed by atoms with van der Waals surface area (Å²) in [6.45, 7) is 9.58. The van der Waals surface area contributed by atoms with E-state index in [4.69, 9.17) is 5.84 Å². The molecule has 100 valence electrons. The number of hydrazine groups is 1. The lowest BCUT2D eigenvalue weighted by Crippen LogP contribution is -2.37. The first-order valence-electron chi connectivity index (χ1n) is 6.26. The van der Waals surface area contributed by atoms with Gasteiger partial charge in [0.05, 0.1) is 0 Å². The van der Waals surface area contributed by atoms with Crippen molar-refractivity contribution in [1.29, 1.82) is 0 Å². The van der Waals surface area contributed by atoms with Gasteiger partial charge in [0.2, 0.25) is 5.96 Å². The molecule has 0 fully saturated rings. The van der Waals surface area contributed by atoms with Gasteiger partial charge < -0.3 is 5.32 Å². The summed E-state index contributed by atoms with van der Waals surface area (Å²) in [5.41, 5.74) is 3.81. The van der Waals surface area contributed by atoms with Crippen LogP contribution in [0.1, 0.15) is 27.7 Å². The maximum Gasteiger partial charge on any atom is 0.210 e. The van der Waals surface area contributed by atoms with Crippen molar-refractivity contribution in [2.75, 3.05) is 11.9 Å². The number of nitrogens with one attached hydrogen (secondary N) is 2. The zero-order chi connectivity index (χ0) is 13.6. The number of benzene rings is 1. The van der Waals surface area contributed by atoms with Gasteiger partial charge in [-0.05, 0) is 23.5 Å². The molecule has 0 amide bonds. The maximum atomic E-state index is 5.47. The van der Waals surface area contributed by atoms with E-state index in [2.05, 4.69) is 43.4 Å². The van der Waals surface area contributed by atoms with Crippen molar-refractivity contribution in [3.8, 4) is 0 Å². The van der Waals surface area contributed by atoms with E-state index in [1.165, 1.54) is 0 Å². The minimum Gasteiger partial charge on any atom is -0.325 e. The molecule has 18 heavy (non-hydrogen) atoms. The second-order valence-electron chi connectivity index (χ2n) is 5.59. The van der Waals surface area contributed by atoms with Gasteiger partial charge in [-0.25, -0.2) is 5.84 Å². The van der Waals surface area contributed by atoms with Gasteiger partial charge in [-0.2, -0.15) is 0 Å². The summed E-state index contributed by atoms with van der Waals surface area (Å²) < 4.78 is 0. The van der Waals surface area contributed by atoms with E-state index in [0.717, 1.165) is 12.2 Å². The molecule has 0 saturated heterocycles.